The third-order valence-corrected chi connectivity index (χ3v) is 3.12. The van der Waals surface area contributed by atoms with Crippen LogP contribution in [0, 0.1) is 0 Å². The normalized spacial score (nSPS) is 13.3. The van der Waals surface area contributed by atoms with Gasteiger partial charge in [0.2, 0.25) is 6.79 Å². The second-order valence-electron chi connectivity index (χ2n) is 4.62. The third kappa shape index (κ3) is 3.04. The van der Waals surface area contributed by atoms with E-state index in [0.717, 1.165) is 17.7 Å². The minimum atomic E-state index is -4.34. The number of anilines is 1. The van der Waals surface area contributed by atoms with Crippen molar-refractivity contribution in [1.82, 2.24) is 0 Å². The first-order valence-corrected chi connectivity index (χ1v) is 6.32. The van der Waals surface area contributed by atoms with Crippen molar-refractivity contribution in [2.75, 3.05) is 12.1 Å². The molecule has 0 saturated heterocycles. The topological polar surface area (TPSA) is 30.5 Å². The number of ether oxygens (including phenoxy) is 2. The van der Waals surface area contributed by atoms with Crippen LogP contribution in [0.4, 0.5) is 18.9 Å². The number of hydrogen-bond donors (Lipinski definition) is 1. The summed E-state index contributed by atoms with van der Waals surface area (Å²) in [5.41, 5.74) is 0.650. The fourth-order valence-electron chi connectivity index (χ4n) is 2.06. The molecule has 6 heteroatoms. The summed E-state index contributed by atoms with van der Waals surface area (Å²) in [6.07, 6.45) is -4.34. The van der Waals surface area contributed by atoms with E-state index in [9.17, 15) is 13.2 Å². The van der Waals surface area contributed by atoms with E-state index in [1.807, 2.05) is 12.1 Å². The molecule has 1 aliphatic rings. The summed E-state index contributed by atoms with van der Waals surface area (Å²) < 4.78 is 48.3. The molecule has 110 valence electrons. The highest BCUT2D eigenvalue weighted by Crippen LogP contribution is 2.33. The Bertz CT molecular complexity index is 656. The molecular weight excluding hydrogens is 283 g/mol. The first-order valence-electron chi connectivity index (χ1n) is 6.32. The Hall–Kier alpha value is -2.37. The molecule has 0 saturated carbocycles. The summed E-state index contributed by atoms with van der Waals surface area (Å²) in [5.74, 6) is 1.33. The zero-order valence-electron chi connectivity index (χ0n) is 10.9. The highest BCUT2D eigenvalue weighted by Gasteiger charge is 2.30. The summed E-state index contributed by atoms with van der Waals surface area (Å²) in [6.45, 7) is 0.595. The van der Waals surface area contributed by atoms with Gasteiger partial charge in [-0.25, -0.2) is 0 Å². The molecule has 0 aliphatic carbocycles. The van der Waals surface area contributed by atoms with Gasteiger partial charge in [-0.1, -0.05) is 12.1 Å². The molecule has 0 spiro atoms. The molecule has 0 unspecified atom stereocenters. The van der Waals surface area contributed by atoms with Crippen molar-refractivity contribution in [2.45, 2.75) is 12.7 Å². The minimum absolute atomic E-state index is 0.194. The van der Waals surface area contributed by atoms with Crippen LogP contribution >= 0.6 is 0 Å². The van der Waals surface area contributed by atoms with Gasteiger partial charge in [-0.15, -0.1) is 0 Å². The van der Waals surface area contributed by atoms with Gasteiger partial charge in [-0.2, -0.15) is 13.2 Å². The molecule has 1 N–H and O–H groups in total. The fourth-order valence-corrected chi connectivity index (χ4v) is 2.06. The fraction of sp³-hybridized carbons (Fsp3) is 0.200. The summed E-state index contributed by atoms with van der Waals surface area (Å²) in [6, 6.07) is 10.5. The molecule has 2 aromatic rings. The van der Waals surface area contributed by atoms with E-state index >= 15 is 0 Å². The molecule has 21 heavy (non-hydrogen) atoms. The number of nitrogens with one attached hydrogen (secondary N) is 1. The maximum Gasteiger partial charge on any atom is 0.416 e. The summed E-state index contributed by atoms with van der Waals surface area (Å²) in [7, 11) is 0. The lowest BCUT2D eigenvalue weighted by molar-refractivity contribution is -0.137. The Balaban J connectivity index is 1.70. The molecule has 3 nitrogen and oxygen atoms in total. The highest BCUT2D eigenvalue weighted by molar-refractivity contribution is 5.49. The average molecular weight is 295 g/mol. The SMILES string of the molecule is FC(F)(F)c1cccc(NCc2ccc3c(c2)OCO3)c1. The summed E-state index contributed by atoms with van der Waals surface area (Å²) in [4.78, 5) is 0. The monoisotopic (exact) mass is 295 g/mol. The van der Waals surface area contributed by atoms with E-state index in [1.54, 1.807) is 12.1 Å². The molecule has 0 bridgehead atoms. The van der Waals surface area contributed by atoms with Gasteiger partial charge in [0.1, 0.15) is 0 Å². The van der Waals surface area contributed by atoms with Crippen molar-refractivity contribution in [3.8, 4) is 11.5 Å². The van der Waals surface area contributed by atoms with Crippen LogP contribution < -0.4 is 14.8 Å². The quantitative estimate of drug-likeness (QED) is 0.926. The molecule has 1 heterocycles. The summed E-state index contributed by atoms with van der Waals surface area (Å²) in [5, 5.41) is 2.97. The van der Waals surface area contributed by atoms with Gasteiger partial charge in [0.25, 0.3) is 0 Å². The van der Waals surface area contributed by atoms with Crippen molar-refractivity contribution in [3.63, 3.8) is 0 Å². The maximum atomic E-state index is 12.6. The first-order chi connectivity index (χ1) is 10.0. The predicted octanol–water partition coefficient (Wildman–Crippen LogP) is 4.05. The lowest BCUT2D eigenvalue weighted by Crippen LogP contribution is -2.06. The Morgan fingerprint density at radius 1 is 1.00 bits per heavy atom. The van der Waals surface area contributed by atoms with Gasteiger partial charge in [0, 0.05) is 12.2 Å². The molecule has 0 amide bonds. The average Bonchev–Trinajstić information content (AvgIpc) is 2.92. The van der Waals surface area contributed by atoms with Crippen molar-refractivity contribution in [1.29, 1.82) is 0 Å². The zero-order chi connectivity index (χ0) is 14.9. The molecule has 0 aromatic heterocycles. The minimum Gasteiger partial charge on any atom is -0.454 e. The largest absolute Gasteiger partial charge is 0.454 e. The molecular formula is C15H12F3NO2. The molecule has 1 aliphatic heterocycles. The lowest BCUT2D eigenvalue weighted by atomic mass is 10.1. The van der Waals surface area contributed by atoms with Gasteiger partial charge in [-0.05, 0) is 35.9 Å². The van der Waals surface area contributed by atoms with Gasteiger partial charge >= 0.3 is 6.18 Å². The van der Waals surface area contributed by atoms with Crippen LogP contribution in [-0.4, -0.2) is 6.79 Å². The number of rotatable bonds is 3. The van der Waals surface area contributed by atoms with Gasteiger partial charge in [0.05, 0.1) is 5.56 Å². The van der Waals surface area contributed by atoms with Crippen LogP contribution in [0.15, 0.2) is 42.5 Å². The van der Waals surface area contributed by atoms with Crippen molar-refractivity contribution in [2.24, 2.45) is 0 Å². The highest BCUT2D eigenvalue weighted by atomic mass is 19.4. The van der Waals surface area contributed by atoms with Crippen molar-refractivity contribution >= 4 is 5.69 Å². The van der Waals surface area contributed by atoms with E-state index in [0.29, 0.717) is 23.7 Å². The summed E-state index contributed by atoms with van der Waals surface area (Å²) >= 11 is 0. The zero-order valence-corrected chi connectivity index (χ0v) is 10.9. The maximum absolute atomic E-state index is 12.6. The Morgan fingerprint density at radius 3 is 2.62 bits per heavy atom. The second-order valence-corrected chi connectivity index (χ2v) is 4.62. The Labute approximate surface area is 119 Å². The predicted molar refractivity (Wildman–Crippen MR) is 71.3 cm³/mol. The number of benzene rings is 2. The van der Waals surface area contributed by atoms with Crippen LogP contribution in [-0.2, 0) is 12.7 Å². The molecule has 0 fully saturated rings. The number of alkyl halides is 3. The third-order valence-electron chi connectivity index (χ3n) is 3.12. The first kappa shape index (κ1) is 13.6. The molecule has 3 rings (SSSR count). The Morgan fingerprint density at radius 2 is 1.81 bits per heavy atom. The van der Waals surface area contributed by atoms with Crippen LogP contribution in [0.5, 0.6) is 11.5 Å². The van der Waals surface area contributed by atoms with E-state index < -0.39 is 11.7 Å². The van der Waals surface area contributed by atoms with Crippen LogP contribution in [0.1, 0.15) is 11.1 Å². The molecule has 0 radical (unpaired) electrons. The van der Waals surface area contributed by atoms with Crippen LogP contribution in [0.2, 0.25) is 0 Å². The lowest BCUT2D eigenvalue weighted by Gasteiger charge is -2.11. The molecule has 0 atom stereocenters. The smallest absolute Gasteiger partial charge is 0.416 e. The van der Waals surface area contributed by atoms with Gasteiger partial charge in [-0.3, -0.25) is 0 Å². The number of halogens is 3. The Kier molecular flexibility index (Phi) is 3.37. The second kappa shape index (κ2) is 5.20. The van der Waals surface area contributed by atoms with Crippen molar-refractivity contribution in [3.05, 3.63) is 53.6 Å². The standard InChI is InChI=1S/C15H12F3NO2/c16-15(17,18)11-2-1-3-12(7-11)19-8-10-4-5-13-14(6-10)21-9-20-13/h1-7,19H,8-9H2. The van der Waals surface area contributed by atoms with Crippen LogP contribution in [0.25, 0.3) is 0 Å². The van der Waals surface area contributed by atoms with Crippen molar-refractivity contribution < 1.29 is 22.6 Å². The van der Waals surface area contributed by atoms with Gasteiger partial charge < -0.3 is 14.8 Å². The number of fused-ring (bicyclic) bond motifs is 1. The van der Waals surface area contributed by atoms with Crippen LogP contribution in [0.3, 0.4) is 0 Å². The van der Waals surface area contributed by atoms with E-state index in [1.165, 1.54) is 6.07 Å². The van der Waals surface area contributed by atoms with E-state index in [2.05, 4.69) is 5.32 Å². The van der Waals surface area contributed by atoms with E-state index in [4.69, 9.17) is 9.47 Å². The van der Waals surface area contributed by atoms with Gasteiger partial charge in [0.15, 0.2) is 11.5 Å². The van der Waals surface area contributed by atoms with E-state index in [-0.39, 0.29) is 6.79 Å². The molecule has 2 aromatic carbocycles. The number of hydrogen-bond acceptors (Lipinski definition) is 3.